The van der Waals surface area contributed by atoms with E-state index in [0.717, 1.165) is 12.1 Å². The zero-order valence-corrected chi connectivity index (χ0v) is 11.3. The molecule has 0 saturated carbocycles. The van der Waals surface area contributed by atoms with Crippen LogP contribution in [-0.4, -0.2) is 4.98 Å². The number of aryl methyl sites for hydroxylation is 3. The van der Waals surface area contributed by atoms with Gasteiger partial charge in [0.05, 0.1) is 0 Å². The third kappa shape index (κ3) is 2.96. The van der Waals surface area contributed by atoms with Gasteiger partial charge in [0, 0.05) is 24.4 Å². The first kappa shape index (κ1) is 12.8. The van der Waals surface area contributed by atoms with Crippen LogP contribution in [0.15, 0.2) is 36.5 Å². The van der Waals surface area contributed by atoms with E-state index in [1.165, 1.54) is 22.3 Å². The molecule has 0 spiro atoms. The standard InChI is InChI=1S/C16H20N2/c1-11-4-7-15(18-10-11)9-16(17)14-6-5-12(2)13(3)8-14/h4-8,10,16H,9,17H2,1-3H3. The van der Waals surface area contributed by atoms with Crippen molar-refractivity contribution in [3.63, 3.8) is 0 Å². The highest BCUT2D eigenvalue weighted by Gasteiger charge is 2.08. The normalized spacial score (nSPS) is 12.4. The molecule has 2 rings (SSSR count). The highest BCUT2D eigenvalue weighted by molar-refractivity contribution is 5.32. The molecule has 0 aliphatic rings. The van der Waals surface area contributed by atoms with Crippen LogP contribution in [0, 0.1) is 20.8 Å². The van der Waals surface area contributed by atoms with E-state index >= 15 is 0 Å². The molecule has 2 aromatic rings. The van der Waals surface area contributed by atoms with Gasteiger partial charge in [0.1, 0.15) is 0 Å². The van der Waals surface area contributed by atoms with Gasteiger partial charge in [-0.25, -0.2) is 0 Å². The van der Waals surface area contributed by atoms with Crippen molar-refractivity contribution < 1.29 is 0 Å². The molecule has 0 radical (unpaired) electrons. The highest BCUT2D eigenvalue weighted by Crippen LogP contribution is 2.18. The molecular formula is C16H20N2. The Labute approximate surface area is 109 Å². The average Bonchev–Trinajstić information content (AvgIpc) is 2.35. The average molecular weight is 240 g/mol. The number of nitrogens with two attached hydrogens (primary N) is 1. The van der Waals surface area contributed by atoms with Gasteiger partial charge in [0.2, 0.25) is 0 Å². The van der Waals surface area contributed by atoms with Crippen LogP contribution in [-0.2, 0) is 6.42 Å². The Kier molecular flexibility index (Phi) is 3.78. The molecule has 1 atom stereocenters. The maximum Gasteiger partial charge on any atom is 0.0422 e. The first-order chi connectivity index (χ1) is 8.56. The van der Waals surface area contributed by atoms with Crippen molar-refractivity contribution in [2.24, 2.45) is 5.73 Å². The van der Waals surface area contributed by atoms with E-state index < -0.39 is 0 Å². The van der Waals surface area contributed by atoms with Crippen molar-refractivity contribution in [1.29, 1.82) is 0 Å². The van der Waals surface area contributed by atoms with Crippen molar-refractivity contribution in [2.45, 2.75) is 33.2 Å². The molecule has 1 unspecified atom stereocenters. The number of nitrogens with zero attached hydrogens (tertiary/aromatic N) is 1. The molecule has 2 nitrogen and oxygen atoms in total. The zero-order valence-electron chi connectivity index (χ0n) is 11.3. The summed E-state index contributed by atoms with van der Waals surface area (Å²) in [6.45, 7) is 6.28. The van der Waals surface area contributed by atoms with Gasteiger partial charge in [0.25, 0.3) is 0 Å². The Morgan fingerprint density at radius 3 is 2.44 bits per heavy atom. The van der Waals surface area contributed by atoms with E-state index in [4.69, 9.17) is 5.73 Å². The second-order valence-electron chi connectivity index (χ2n) is 4.98. The van der Waals surface area contributed by atoms with Gasteiger partial charge in [0.15, 0.2) is 0 Å². The fourth-order valence-corrected chi connectivity index (χ4v) is 1.96. The summed E-state index contributed by atoms with van der Waals surface area (Å²) in [7, 11) is 0. The first-order valence-electron chi connectivity index (χ1n) is 6.30. The molecule has 0 aliphatic carbocycles. The first-order valence-corrected chi connectivity index (χ1v) is 6.30. The van der Waals surface area contributed by atoms with Gasteiger partial charge in [-0.15, -0.1) is 0 Å². The van der Waals surface area contributed by atoms with E-state index in [-0.39, 0.29) is 6.04 Å². The number of pyridine rings is 1. The minimum Gasteiger partial charge on any atom is -0.324 e. The summed E-state index contributed by atoms with van der Waals surface area (Å²) in [6.07, 6.45) is 2.67. The second-order valence-corrected chi connectivity index (χ2v) is 4.98. The summed E-state index contributed by atoms with van der Waals surface area (Å²) >= 11 is 0. The van der Waals surface area contributed by atoms with Gasteiger partial charge in [-0.2, -0.15) is 0 Å². The Hall–Kier alpha value is -1.67. The smallest absolute Gasteiger partial charge is 0.0422 e. The van der Waals surface area contributed by atoms with Crippen LogP contribution in [0.1, 0.15) is 34.0 Å². The molecular weight excluding hydrogens is 220 g/mol. The molecule has 2 heteroatoms. The SMILES string of the molecule is Cc1ccc(CC(N)c2ccc(C)c(C)c2)nc1. The van der Waals surface area contributed by atoms with Crippen LogP contribution >= 0.6 is 0 Å². The molecule has 0 fully saturated rings. The summed E-state index contributed by atoms with van der Waals surface area (Å²) in [6, 6.07) is 10.6. The lowest BCUT2D eigenvalue weighted by Crippen LogP contribution is -2.14. The third-order valence-electron chi connectivity index (χ3n) is 3.36. The Balaban J connectivity index is 2.13. The van der Waals surface area contributed by atoms with Gasteiger partial charge in [-0.3, -0.25) is 4.98 Å². The summed E-state index contributed by atoms with van der Waals surface area (Å²) in [5.74, 6) is 0. The molecule has 0 bridgehead atoms. The van der Waals surface area contributed by atoms with Crippen LogP contribution in [0.5, 0.6) is 0 Å². The predicted octanol–water partition coefficient (Wildman–Crippen LogP) is 3.25. The number of benzene rings is 1. The number of hydrogen-bond acceptors (Lipinski definition) is 2. The van der Waals surface area contributed by atoms with E-state index in [0.29, 0.717) is 0 Å². The quantitative estimate of drug-likeness (QED) is 0.894. The van der Waals surface area contributed by atoms with Crippen molar-refractivity contribution >= 4 is 0 Å². The van der Waals surface area contributed by atoms with Gasteiger partial charge in [-0.1, -0.05) is 24.3 Å². The van der Waals surface area contributed by atoms with Crippen LogP contribution < -0.4 is 5.73 Å². The Morgan fingerprint density at radius 2 is 1.83 bits per heavy atom. The predicted molar refractivity (Wildman–Crippen MR) is 75.5 cm³/mol. The number of aromatic nitrogens is 1. The monoisotopic (exact) mass is 240 g/mol. The Bertz CT molecular complexity index is 529. The lowest BCUT2D eigenvalue weighted by atomic mass is 9.98. The maximum atomic E-state index is 6.24. The van der Waals surface area contributed by atoms with Crippen LogP contribution in [0.4, 0.5) is 0 Å². The molecule has 0 aliphatic heterocycles. The third-order valence-corrected chi connectivity index (χ3v) is 3.36. The van der Waals surface area contributed by atoms with Gasteiger partial charge in [-0.05, 0) is 49.1 Å². The molecule has 0 saturated heterocycles. The minimum absolute atomic E-state index is 0.0134. The molecule has 1 aromatic heterocycles. The second kappa shape index (κ2) is 5.32. The topological polar surface area (TPSA) is 38.9 Å². The fourth-order valence-electron chi connectivity index (χ4n) is 1.96. The van der Waals surface area contributed by atoms with Crippen LogP contribution in [0.3, 0.4) is 0 Å². The van der Waals surface area contributed by atoms with Crippen molar-refractivity contribution in [3.05, 3.63) is 64.5 Å². The van der Waals surface area contributed by atoms with Gasteiger partial charge >= 0.3 is 0 Å². The molecule has 1 heterocycles. The van der Waals surface area contributed by atoms with E-state index in [2.05, 4.69) is 49.2 Å². The maximum absolute atomic E-state index is 6.24. The summed E-state index contributed by atoms with van der Waals surface area (Å²) < 4.78 is 0. The van der Waals surface area contributed by atoms with E-state index in [9.17, 15) is 0 Å². The van der Waals surface area contributed by atoms with Crippen molar-refractivity contribution in [2.75, 3.05) is 0 Å². The summed E-state index contributed by atoms with van der Waals surface area (Å²) in [4.78, 5) is 4.40. The molecule has 1 aromatic carbocycles. The summed E-state index contributed by atoms with van der Waals surface area (Å²) in [5, 5.41) is 0. The van der Waals surface area contributed by atoms with Crippen LogP contribution in [0.2, 0.25) is 0 Å². The minimum atomic E-state index is 0.0134. The number of rotatable bonds is 3. The molecule has 18 heavy (non-hydrogen) atoms. The number of hydrogen-bond donors (Lipinski definition) is 1. The Morgan fingerprint density at radius 1 is 1.06 bits per heavy atom. The van der Waals surface area contributed by atoms with Crippen molar-refractivity contribution in [3.8, 4) is 0 Å². The fraction of sp³-hybridized carbons (Fsp3) is 0.312. The van der Waals surface area contributed by atoms with Crippen molar-refractivity contribution in [1.82, 2.24) is 4.98 Å². The molecule has 94 valence electrons. The van der Waals surface area contributed by atoms with Crippen LogP contribution in [0.25, 0.3) is 0 Å². The lowest BCUT2D eigenvalue weighted by molar-refractivity contribution is 0.705. The lowest BCUT2D eigenvalue weighted by Gasteiger charge is -2.13. The highest BCUT2D eigenvalue weighted by atomic mass is 14.7. The summed E-state index contributed by atoms with van der Waals surface area (Å²) in [5.41, 5.74) is 12.2. The van der Waals surface area contributed by atoms with E-state index in [1.807, 2.05) is 13.1 Å². The zero-order chi connectivity index (χ0) is 13.1. The largest absolute Gasteiger partial charge is 0.324 e. The van der Waals surface area contributed by atoms with E-state index in [1.54, 1.807) is 0 Å². The molecule has 0 amide bonds. The van der Waals surface area contributed by atoms with Gasteiger partial charge < -0.3 is 5.73 Å². The molecule has 2 N–H and O–H groups in total.